The molecule has 0 saturated carbocycles. The van der Waals surface area contributed by atoms with Gasteiger partial charge < -0.3 is 11.0 Å². The van der Waals surface area contributed by atoms with E-state index in [4.69, 9.17) is 0 Å². The number of hydrogen-bond donors (Lipinski definition) is 0. The van der Waals surface area contributed by atoms with E-state index in [0.717, 1.165) is 0 Å². The molecule has 27 heavy (non-hydrogen) atoms. The second-order valence-corrected chi connectivity index (χ2v) is 5.21. The van der Waals surface area contributed by atoms with Crippen molar-refractivity contribution in [3.8, 4) is 0 Å². The van der Waals surface area contributed by atoms with Crippen molar-refractivity contribution >= 4 is 0 Å². The van der Waals surface area contributed by atoms with Gasteiger partial charge in [-0.15, -0.1) is 0 Å². The van der Waals surface area contributed by atoms with Crippen LogP contribution in [0.2, 0.25) is 0 Å². The van der Waals surface area contributed by atoms with Crippen LogP contribution < -0.4 is 0 Å². The molecule has 0 aliphatic rings. The molecule has 0 spiro atoms. The average Bonchev–Trinajstić information content (AvgIpc) is 3.43. The maximum Gasteiger partial charge on any atom is 2.00 e. The molecule has 10 nitrogen and oxygen atoms in total. The molecule has 0 bridgehead atoms. The van der Waals surface area contributed by atoms with Gasteiger partial charge in [-0.25, -0.2) is 18.7 Å². The molecular weight excluding hydrogens is 395 g/mol. The molecule has 148 valence electrons. The third-order valence-corrected chi connectivity index (χ3v) is 3.63. The van der Waals surface area contributed by atoms with E-state index in [1.54, 1.807) is 24.8 Å². The quantitative estimate of drug-likeness (QED) is 0.349. The first-order valence-corrected chi connectivity index (χ1v) is 7.72. The Morgan fingerprint density at radius 2 is 0.741 bits per heavy atom. The van der Waals surface area contributed by atoms with E-state index in [-0.39, 0.29) is 39.8 Å². The minimum Gasteiger partial charge on any atom is -0.457 e. The van der Waals surface area contributed by atoms with Crippen molar-refractivity contribution in [2.24, 2.45) is 0 Å². The van der Waals surface area contributed by atoms with Crippen LogP contribution in [0.5, 0.6) is 0 Å². The second-order valence-electron chi connectivity index (χ2n) is 5.21. The van der Waals surface area contributed by atoms with Crippen molar-refractivity contribution in [3.05, 3.63) is 73.8 Å². The minimum atomic E-state index is 0. The molecule has 0 aromatic carbocycles. The fourth-order valence-electron chi connectivity index (χ4n) is 2.25. The van der Waals surface area contributed by atoms with Crippen molar-refractivity contribution in [2.45, 2.75) is 26.2 Å². The van der Waals surface area contributed by atoms with Crippen LogP contribution in [-0.4, -0.2) is 39.1 Å². The molecule has 11 heteroatoms. The predicted octanol–water partition coefficient (Wildman–Crippen LogP) is 0.446. The summed E-state index contributed by atoms with van der Waals surface area (Å²) in [6.45, 7) is 4.08. The summed E-state index contributed by atoms with van der Waals surface area (Å²) in [7, 11) is 0. The summed E-state index contributed by atoms with van der Waals surface area (Å²) in [4.78, 5) is 0. The predicted molar refractivity (Wildman–Crippen MR) is 98.9 cm³/mol. The van der Waals surface area contributed by atoms with Crippen molar-refractivity contribution in [1.82, 2.24) is 39.1 Å². The van der Waals surface area contributed by atoms with E-state index in [2.05, 4.69) is 20.4 Å². The molecule has 6 N–H and O–H groups in total. The van der Waals surface area contributed by atoms with Crippen molar-refractivity contribution in [1.29, 1.82) is 0 Å². The molecule has 0 saturated heterocycles. The fraction of sp³-hybridized carbons (Fsp3) is 0.250. The molecule has 4 aromatic heterocycles. The Balaban J connectivity index is 0.000000451. The smallest absolute Gasteiger partial charge is 0.457 e. The number of rotatable bonds is 4. The Bertz CT molecular complexity index is 662. The van der Waals surface area contributed by atoms with E-state index in [9.17, 15) is 0 Å². The van der Waals surface area contributed by atoms with Gasteiger partial charge in [0.25, 0.3) is 0 Å². The number of hydrogen-bond acceptors (Lipinski definition) is 4. The minimum absolute atomic E-state index is 0. The maximum atomic E-state index is 4.13. The van der Waals surface area contributed by atoms with Gasteiger partial charge in [0.15, 0.2) is 0 Å². The standard InChI is InChI=1S/2C8H10N4.Ni.2H2O/c2*1-8(11-6-2-4-9-11)12-7-3-5-10-12;;;/h2*2-8H,1H3;;2*1H2/q;;+2;;/p+2. The first kappa shape index (κ1) is 24.3. The Morgan fingerprint density at radius 1 is 0.519 bits per heavy atom. The molecule has 0 fully saturated rings. The SMILES string of the molecule is CC(n1cccn1)n1cccn1.CC(n1cccn1)n1cccn1.[Ni+2].[OH3+].[OH3+]. The first-order chi connectivity index (χ1) is 11.8. The van der Waals surface area contributed by atoms with Gasteiger partial charge in [-0.1, -0.05) is 0 Å². The Hall–Kier alpha value is -2.75. The summed E-state index contributed by atoms with van der Waals surface area (Å²) < 4.78 is 7.42. The van der Waals surface area contributed by atoms with Gasteiger partial charge >= 0.3 is 16.5 Å². The molecule has 0 unspecified atom stereocenters. The van der Waals surface area contributed by atoms with Crippen LogP contribution in [0.1, 0.15) is 26.2 Å². The van der Waals surface area contributed by atoms with Crippen LogP contribution in [0.3, 0.4) is 0 Å². The van der Waals surface area contributed by atoms with E-state index in [1.807, 2.05) is 81.6 Å². The van der Waals surface area contributed by atoms with Gasteiger partial charge in [-0.2, -0.15) is 20.4 Å². The summed E-state index contributed by atoms with van der Waals surface area (Å²) in [6, 6.07) is 7.61. The Morgan fingerprint density at radius 3 is 0.889 bits per heavy atom. The number of nitrogens with zero attached hydrogens (tertiary/aromatic N) is 8. The van der Waals surface area contributed by atoms with E-state index in [1.165, 1.54) is 0 Å². The largest absolute Gasteiger partial charge is 2.00 e. The third-order valence-electron chi connectivity index (χ3n) is 3.63. The van der Waals surface area contributed by atoms with Gasteiger partial charge in [0, 0.05) is 49.6 Å². The molecule has 4 rings (SSSR count). The summed E-state index contributed by atoms with van der Waals surface area (Å²) in [6.07, 6.45) is 15.0. The van der Waals surface area contributed by atoms with E-state index >= 15 is 0 Å². The van der Waals surface area contributed by atoms with Gasteiger partial charge in [-0.3, -0.25) is 0 Å². The van der Waals surface area contributed by atoms with Crippen LogP contribution in [0, 0.1) is 0 Å². The first-order valence-electron chi connectivity index (χ1n) is 7.72. The topological polar surface area (TPSA) is 137 Å². The molecule has 0 aliphatic heterocycles. The zero-order chi connectivity index (χ0) is 16.8. The van der Waals surface area contributed by atoms with Crippen molar-refractivity contribution in [2.75, 3.05) is 0 Å². The van der Waals surface area contributed by atoms with Crippen LogP contribution in [-0.2, 0) is 27.4 Å². The number of aromatic nitrogens is 8. The average molecular weight is 421 g/mol. The summed E-state index contributed by atoms with van der Waals surface area (Å²) in [5, 5.41) is 16.5. The van der Waals surface area contributed by atoms with Crippen LogP contribution in [0.25, 0.3) is 0 Å². The maximum absolute atomic E-state index is 4.13. The fourth-order valence-corrected chi connectivity index (χ4v) is 2.25. The molecule has 4 aromatic rings. The summed E-state index contributed by atoms with van der Waals surface area (Å²) >= 11 is 0. The van der Waals surface area contributed by atoms with E-state index in [0.29, 0.717) is 0 Å². The molecule has 0 atom stereocenters. The van der Waals surface area contributed by atoms with Crippen LogP contribution >= 0.6 is 0 Å². The Kier molecular flexibility index (Phi) is 10.6. The third kappa shape index (κ3) is 6.17. The Labute approximate surface area is 167 Å². The van der Waals surface area contributed by atoms with E-state index < -0.39 is 0 Å². The zero-order valence-corrected chi connectivity index (χ0v) is 16.1. The monoisotopic (exact) mass is 420 g/mol. The molecular formula is C16H26N8NiO2+4. The van der Waals surface area contributed by atoms with Gasteiger partial charge in [-0.05, 0) is 38.1 Å². The molecule has 4 heterocycles. The second kappa shape index (κ2) is 11.8. The van der Waals surface area contributed by atoms with Crippen LogP contribution in [0.15, 0.2) is 73.8 Å². The normalized spacial score (nSPS) is 9.63. The van der Waals surface area contributed by atoms with Gasteiger partial charge in [0.2, 0.25) is 0 Å². The van der Waals surface area contributed by atoms with Gasteiger partial charge in [0.05, 0.1) is 0 Å². The summed E-state index contributed by atoms with van der Waals surface area (Å²) in [5.41, 5.74) is 0. The van der Waals surface area contributed by atoms with Crippen molar-refractivity contribution < 1.29 is 27.4 Å². The summed E-state index contributed by atoms with van der Waals surface area (Å²) in [5.74, 6) is 0. The van der Waals surface area contributed by atoms with Crippen molar-refractivity contribution in [3.63, 3.8) is 0 Å². The van der Waals surface area contributed by atoms with Crippen LogP contribution in [0.4, 0.5) is 0 Å². The zero-order valence-electron chi connectivity index (χ0n) is 15.1. The molecule has 0 amide bonds. The molecule has 0 radical (unpaired) electrons. The molecule has 0 aliphatic carbocycles. The van der Waals surface area contributed by atoms with Gasteiger partial charge in [0.1, 0.15) is 12.3 Å².